The van der Waals surface area contributed by atoms with E-state index >= 15 is 0 Å². The molecule has 1 saturated heterocycles. The maximum Gasteiger partial charge on any atom is 0.311 e. The molecular formula is C16H23N3O3. The highest BCUT2D eigenvalue weighted by Gasteiger charge is 2.56. The molecule has 1 aliphatic heterocycles. The molecule has 2 aliphatic rings. The lowest BCUT2D eigenvalue weighted by molar-refractivity contribution is -0.149. The predicted octanol–water partition coefficient (Wildman–Crippen LogP) is 1.85. The highest BCUT2D eigenvalue weighted by molar-refractivity contribution is 5.97. The Morgan fingerprint density at radius 1 is 1.41 bits per heavy atom. The number of carbonyl (C=O) groups excluding carboxylic acids is 1. The van der Waals surface area contributed by atoms with Crippen molar-refractivity contribution in [2.75, 3.05) is 13.1 Å². The molecule has 0 spiro atoms. The summed E-state index contributed by atoms with van der Waals surface area (Å²) in [4.78, 5) is 26.4. The molecule has 1 N–H and O–H groups in total. The van der Waals surface area contributed by atoms with E-state index in [1.807, 2.05) is 25.5 Å². The van der Waals surface area contributed by atoms with Crippen molar-refractivity contribution < 1.29 is 14.7 Å². The minimum absolute atomic E-state index is 0.0651. The lowest BCUT2D eigenvalue weighted by Gasteiger charge is -2.23. The van der Waals surface area contributed by atoms with E-state index in [1.54, 1.807) is 4.90 Å². The van der Waals surface area contributed by atoms with Crippen LogP contribution in [0.4, 0.5) is 0 Å². The van der Waals surface area contributed by atoms with Gasteiger partial charge in [0.15, 0.2) is 0 Å². The smallest absolute Gasteiger partial charge is 0.311 e. The highest BCUT2D eigenvalue weighted by Crippen LogP contribution is 2.49. The molecule has 22 heavy (non-hydrogen) atoms. The Morgan fingerprint density at radius 3 is 2.68 bits per heavy atom. The second-order valence-corrected chi connectivity index (χ2v) is 6.60. The fourth-order valence-electron chi connectivity index (χ4n) is 4.27. The first-order valence-electron chi connectivity index (χ1n) is 7.97. The van der Waals surface area contributed by atoms with Gasteiger partial charge in [-0.05, 0) is 39.5 Å². The molecule has 0 aromatic carbocycles. The van der Waals surface area contributed by atoms with Crippen LogP contribution >= 0.6 is 0 Å². The van der Waals surface area contributed by atoms with Crippen LogP contribution in [-0.2, 0) is 11.3 Å². The van der Waals surface area contributed by atoms with Gasteiger partial charge >= 0.3 is 5.97 Å². The molecule has 1 aromatic rings. The molecule has 120 valence electrons. The SMILES string of the molecule is CCn1nc(C)c(C(=O)N2C[C@@H]3CCC[C@@]3(C(=O)O)C2)c1C. The van der Waals surface area contributed by atoms with E-state index in [1.165, 1.54) is 0 Å². The lowest BCUT2D eigenvalue weighted by Crippen LogP contribution is -2.37. The molecule has 2 fully saturated rings. The summed E-state index contributed by atoms with van der Waals surface area (Å²) in [5, 5.41) is 14.0. The average Bonchev–Trinajstić information content (AvgIpc) is 3.09. The molecule has 0 radical (unpaired) electrons. The Morgan fingerprint density at radius 2 is 2.14 bits per heavy atom. The first kappa shape index (κ1) is 15.1. The zero-order chi connectivity index (χ0) is 16.1. The van der Waals surface area contributed by atoms with E-state index in [2.05, 4.69) is 5.10 Å². The third-order valence-electron chi connectivity index (χ3n) is 5.48. The largest absolute Gasteiger partial charge is 0.481 e. The van der Waals surface area contributed by atoms with Crippen molar-refractivity contribution in [3.63, 3.8) is 0 Å². The number of likely N-dealkylation sites (tertiary alicyclic amines) is 1. The summed E-state index contributed by atoms with van der Waals surface area (Å²) < 4.78 is 1.83. The van der Waals surface area contributed by atoms with Crippen LogP contribution in [0.3, 0.4) is 0 Å². The number of hydrogen-bond donors (Lipinski definition) is 1. The van der Waals surface area contributed by atoms with Gasteiger partial charge in [-0.15, -0.1) is 0 Å². The summed E-state index contributed by atoms with van der Waals surface area (Å²) in [5.74, 6) is -0.719. The Kier molecular flexibility index (Phi) is 3.50. The van der Waals surface area contributed by atoms with Gasteiger partial charge in [0, 0.05) is 25.3 Å². The van der Waals surface area contributed by atoms with Gasteiger partial charge in [-0.1, -0.05) is 6.42 Å². The van der Waals surface area contributed by atoms with Gasteiger partial charge in [0.25, 0.3) is 5.91 Å². The van der Waals surface area contributed by atoms with Gasteiger partial charge in [0.1, 0.15) is 0 Å². The number of hydrogen-bond acceptors (Lipinski definition) is 3. The normalized spacial score (nSPS) is 27.2. The molecule has 1 aromatic heterocycles. The Bertz CT molecular complexity index is 637. The Labute approximate surface area is 130 Å². The van der Waals surface area contributed by atoms with E-state index in [4.69, 9.17) is 0 Å². The van der Waals surface area contributed by atoms with Crippen LogP contribution in [0.5, 0.6) is 0 Å². The van der Waals surface area contributed by atoms with Gasteiger partial charge in [0.2, 0.25) is 0 Å². The van der Waals surface area contributed by atoms with E-state index in [-0.39, 0.29) is 11.8 Å². The van der Waals surface area contributed by atoms with E-state index < -0.39 is 11.4 Å². The number of carboxylic acids is 1. The first-order valence-corrected chi connectivity index (χ1v) is 7.97. The van der Waals surface area contributed by atoms with Crippen molar-refractivity contribution in [3.05, 3.63) is 17.0 Å². The molecule has 2 atom stereocenters. The summed E-state index contributed by atoms with van der Waals surface area (Å²) in [6.45, 7) is 7.36. The summed E-state index contributed by atoms with van der Waals surface area (Å²) in [6.07, 6.45) is 2.54. The van der Waals surface area contributed by atoms with Crippen molar-refractivity contribution in [2.24, 2.45) is 11.3 Å². The molecule has 3 rings (SSSR count). The summed E-state index contributed by atoms with van der Waals surface area (Å²) >= 11 is 0. The number of carboxylic acid groups (broad SMARTS) is 1. The molecule has 6 heteroatoms. The second kappa shape index (κ2) is 5.11. The van der Waals surface area contributed by atoms with Crippen LogP contribution in [-0.4, -0.2) is 44.8 Å². The highest BCUT2D eigenvalue weighted by atomic mass is 16.4. The van der Waals surface area contributed by atoms with Crippen molar-refractivity contribution in [1.82, 2.24) is 14.7 Å². The van der Waals surface area contributed by atoms with Gasteiger partial charge in [-0.3, -0.25) is 14.3 Å². The van der Waals surface area contributed by atoms with E-state index in [0.717, 1.165) is 30.8 Å². The minimum Gasteiger partial charge on any atom is -0.481 e. The third kappa shape index (κ3) is 1.96. The van der Waals surface area contributed by atoms with E-state index in [0.29, 0.717) is 25.1 Å². The number of nitrogens with zero attached hydrogens (tertiary/aromatic N) is 3. The van der Waals surface area contributed by atoms with Crippen molar-refractivity contribution in [2.45, 2.75) is 46.6 Å². The van der Waals surface area contributed by atoms with Crippen molar-refractivity contribution in [1.29, 1.82) is 0 Å². The van der Waals surface area contributed by atoms with Gasteiger partial charge in [-0.2, -0.15) is 5.10 Å². The molecular weight excluding hydrogens is 282 g/mol. The Balaban J connectivity index is 1.89. The van der Waals surface area contributed by atoms with Crippen LogP contribution in [0, 0.1) is 25.2 Å². The molecule has 0 bridgehead atoms. The zero-order valence-electron chi connectivity index (χ0n) is 13.4. The standard InChI is InChI=1S/C16H23N3O3/c1-4-19-11(3)13(10(2)17-19)14(20)18-8-12-6-5-7-16(12,9-18)15(21)22/h12H,4-9H2,1-3H3,(H,21,22)/t12-,16+/m0/s1. The van der Waals surface area contributed by atoms with Crippen LogP contribution in [0.15, 0.2) is 0 Å². The van der Waals surface area contributed by atoms with Crippen LogP contribution < -0.4 is 0 Å². The lowest BCUT2D eigenvalue weighted by atomic mass is 9.81. The molecule has 1 aliphatic carbocycles. The molecule has 0 unspecified atom stereocenters. The topological polar surface area (TPSA) is 75.4 Å². The van der Waals surface area contributed by atoms with Gasteiger partial charge < -0.3 is 10.0 Å². The number of aryl methyl sites for hydroxylation is 2. The number of fused-ring (bicyclic) bond motifs is 1. The average molecular weight is 305 g/mol. The summed E-state index contributed by atoms with van der Waals surface area (Å²) in [7, 11) is 0. The number of rotatable bonds is 3. The Hall–Kier alpha value is -1.85. The molecule has 1 amide bonds. The summed E-state index contributed by atoms with van der Waals surface area (Å²) in [5.41, 5.74) is 1.51. The molecule has 2 heterocycles. The summed E-state index contributed by atoms with van der Waals surface area (Å²) in [6, 6.07) is 0. The number of aliphatic carboxylic acids is 1. The van der Waals surface area contributed by atoms with Crippen LogP contribution in [0.25, 0.3) is 0 Å². The fraction of sp³-hybridized carbons (Fsp3) is 0.688. The second-order valence-electron chi connectivity index (χ2n) is 6.60. The quantitative estimate of drug-likeness (QED) is 0.924. The molecule has 1 saturated carbocycles. The minimum atomic E-state index is -0.747. The van der Waals surface area contributed by atoms with Crippen molar-refractivity contribution in [3.8, 4) is 0 Å². The molecule has 6 nitrogen and oxygen atoms in total. The van der Waals surface area contributed by atoms with Gasteiger partial charge in [0.05, 0.1) is 16.7 Å². The maximum atomic E-state index is 12.9. The predicted molar refractivity (Wildman–Crippen MR) is 80.7 cm³/mol. The number of carbonyl (C=O) groups is 2. The van der Waals surface area contributed by atoms with E-state index in [9.17, 15) is 14.7 Å². The van der Waals surface area contributed by atoms with Crippen molar-refractivity contribution >= 4 is 11.9 Å². The van der Waals surface area contributed by atoms with Gasteiger partial charge in [-0.25, -0.2) is 0 Å². The maximum absolute atomic E-state index is 12.9. The van der Waals surface area contributed by atoms with Crippen LogP contribution in [0.1, 0.15) is 47.9 Å². The monoisotopic (exact) mass is 305 g/mol. The number of amides is 1. The fourth-order valence-corrected chi connectivity index (χ4v) is 4.27. The third-order valence-corrected chi connectivity index (χ3v) is 5.48. The van der Waals surface area contributed by atoms with Crippen LogP contribution in [0.2, 0.25) is 0 Å². The first-order chi connectivity index (χ1) is 10.4. The zero-order valence-corrected chi connectivity index (χ0v) is 13.4. The number of aromatic nitrogens is 2.